The molecule has 1 saturated heterocycles. The lowest BCUT2D eigenvalue weighted by Crippen LogP contribution is -2.21. The number of H-pyrrole nitrogens is 1. The molecule has 39 heavy (non-hydrogen) atoms. The zero-order valence-electron chi connectivity index (χ0n) is 22.0. The number of ketones is 1. The molecule has 0 unspecified atom stereocenters. The van der Waals surface area contributed by atoms with Gasteiger partial charge >= 0.3 is 0 Å². The second-order valence-electron chi connectivity index (χ2n) is 10.0. The van der Waals surface area contributed by atoms with Gasteiger partial charge in [-0.3, -0.25) is 24.6 Å². The zero-order valence-corrected chi connectivity index (χ0v) is 24.0. The van der Waals surface area contributed by atoms with Gasteiger partial charge in [-0.05, 0) is 56.0 Å². The summed E-state index contributed by atoms with van der Waals surface area (Å²) >= 11 is 0. The van der Waals surface area contributed by atoms with Crippen LogP contribution in [0.1, 0.15) is 55.0 Å². The number of halogens is 1. The summed E-state index contributed by atoms with van der Waals surface area (Å²) in [4.78, 5) is 32.0. The number of anilines is 1. The lowest BCUT2D eigenvalue weighted by molar-refractivity contribution is -0.117. The Morgan fingerprint density at radius 3 is 2.69 bits per heavy atom. The summed E-state index contributed by atoms with van der Waals surface area (Å²) in [5, 5.41) is 10.1. The molecule has 208 valence electrons. The predicted molar refractivity (Wildman–Crippen MR) is 162 cm³/mol. The molecule has 1 aliphatic carbocycles. The first-order valence-corrected chi connectivity index (χ1v) is 12.9. The first-order valence-electron chi connectivity index (χ1n) is 12.9. The number of amides is 1. The molecule has 7 nitrogen and oxygen atoms in total. The van der Waals surface area contributed by atoms with E-state index < -0.39 is 6.17 Å². The number of aromatic amines is 1. The Kier molecular flexibility index (Phi) is 10.9. The molecule has 0 bridgehead atoms. The van der Waals surface area contributed by atoms with Gasteiger partial charge in [-0.2, -0.15) is 32.1 Å². The Morgan fingerprint density at radius 1 is 1.15 bits per heavy atom. The highest BCUT2D eigenvalue weighted by Gasteiger charge is 2.26. The van der Waals surface area contributed by atoms with Crippen molar-refractivity contribution >= 4 is 44.5 Å². The molecule has 2 atom stereocenters. The highest BCUT2D eigenvalue weighted by molar-refractivity contribution is 7.59. The van der Waals surface area contributed by atoms with E-state index in [1.165, 1.54) is 12.8 Å². The van der Waals surface area contributed by atoms with Gasteiger partial charge in [-0.15, -0.1) is 0 Å². The van der Waals surface area contributed by atoms with Crippen LogP contribution in [-0.4, -0.2) is 57.6 Å². The minimum atomic E-state index is -0.761. The number of alkyl halides is 1. The second kappa shape index (κ2) is 13.9. The quantitative estimate of drug-likeness (QED) is 0.334. The number of nitrogens with one attached hydrogen (secondary N) is 2. The van der Waals surface area contributed by atoms with Crippen LogP contribution in [0.15, 0.2) is 60.7 Å². The van der Waals surface area contributed by atoms with Gasteiger partial charge in [-0.25, -0.2) is 4.39 Å². The van der Waals surface area contributed by atoms with Crippen molar-refractivity contribution in [3.63, 3.8) is 0 Å². The molecule has 2 aromatic heterocycles. The highest BCUT2D eigenvalue weighted by atomic mass is 32.1. The van der Waals surface area contributed by atoms with Crippen molar-refractivity contribution in [3.05, 3.63) is 77.6 Å². The summed E-state index contributed by atoms with van der Waals surface area (Å²) in [6.45, 7) is 3.62. The number of aromatic nitrogens is 3. The number of hydrogen-bond donors (Lipinski definition) is 2. The van der Waals surface area contributed by atoms with E-state index in [9.17, 15) is 14.0 Å². The van der Waals surface area contributed by atoms with Crippen molar-refractivity contribution in [2.75, 3.05) is 25.0 Å². The van der Waals surface area contributed by atoms with Gasteiger partial charge in [0.15, 0.2) is 11.6 Å². The van der Waals surface area contributed by atoms with Crippen molar-refractivity contribution in [3.8, 4) is 11.3 Å². The van der Waals surface area contributed by atoms with Crippen molar-refractivity contribution < 1.29 is 14.0 Å². The molecule has 1 saturated carbocycles. The Hall–Kier alpha value is -2.95. The van der Waals surface area contributed by atoms with Gasteiger partial charge in [0.05, 0.1) is 18.0 Å². The third-order valence-corrected chi connectivity index (χ3v) is 6.99. The Balaban J connectivity index is 0.00000210. The molecule has 3 heterocycles. The average molecular weight is 570 g/mol. The van der Waals surface area contributed by atoms with Crippen molar-refractivity contribution in [2.45, 2.75) is 50.6 Å². The second-order valence-corrected chi connectivity index (χ2v) is 10.0. The van der Waals surface area contributed by atoms with Crippen LogP contribution in [0.4, 0.5) is 10.2 Å². The molecule has 5 rings (SSSR count). The van der Waals surface area contributed by atoms with E-state index in [0.717, 1.165) is 29.1 Å². The number of rotatable bonds is 10. The molecule has 2 N–H and O–H groups in total. The van der Waals surface area contributed by atoms with E-state index in [1.54, 1.807) is 12.2 Å². The SMILES string of the molecule is C[C@H](C(=O)Nc1cc(C2CC2)[nH]n1)c1cccc(-c2cccc(CC(=O)/C=C/CN3CC[C@H](F)C3)n2)c1.S.S. The summed E-state index contributed by atoms with van der Waals surface area (Å²) in [6, 6.07) is 15.3. The predicted octanol–water partition coefficient (Wildman–Crippen LogP) is 5.03. The lowest BCUT2D eigenvalue weighted by atomic mass is 9.97. The van der Waals surface area contributed by atoms with Crippen molar-refractivity contribution in [1.82, 2.24) is 20.1 Å². The summed E-state index contributed by atoms with van der Waals surface area (Å²) in [5.74, 6) is 0.556. The van der Waals surface area contributed by atoms with Gasteiger partial charge < -0.3 is 5.32 Å². The van der Waals surface area contributed by atoms with Crippen LogP contribution in [0.25, 0.3) is 11.3 Å². The summed E-state index contributed by atoms with van der Waals surface area (Å²) in [6.07, 6.45) is 5.70. The maximum Gasteiger partial charge on any atom is 0.232 e. The van der Waals surface area contributed by atoms with Crippen molar-refractivity contribution in [1.29, 1.82) is 0 Å². The maximum atomic E-state index is 13.3. The van der Waals surface area contributed by atoms with Crippen LogP contribution in [0.5, 0.6) is 0 Å². The Morgan fingerprint density at radius 2 is 1.95 bits per heavy atom. The number of carbonyl (C=O) groups is 2. The number of benzene rings is 1. The molecule has 0 spiro atoms. The molecule has 2 fully saturated rings. The molecule has 1 amide bonds. The smallest absolute Gasteiger partial charge is 0.232 e. The van der Waals surface area contributed by atoms with Gasteiger partial charge in [-0.1, -0.05) is 30.3 Å². The van der Waals surface area contributed by atoms with E-state index in [2.05, 4.69) is 20.5 Å². The fourth-order valence-corrected chi connectivity index (χ4v) is 4.62. The van der Waals surface area contributed by atoms with Gasteiger partial charge in [0.1, 0.15) is 6.17 Å². The van der Waals surface area contributed by atoms with Crippen LogP contribution in [0.3, 0.4) is 0 Å². The number of pyridine rings is 1. The van der Waals surface area contributed by atoms with E-state index in [-0.39, 0.29) is 51.0 Å². The van der Waals surface area contributed by atoms with E-state index in [1.807, 2.05) is 60.4 Å². The summed E-state index contributed by atoms with van der Waals surface area (Å²) < 4.78 is 13.3. The van der Waals surface area contributed by atoms with Gasteiger partial charge in [0.2, 0.25) is 5.91 Å². The molecule has 0 radical (unpaired) electrons. The fraction of sp³-hybridized carbons (Fsp3) is 0.379. The zero-order chi connectivity index (χ0) is 25.8. The lowest BCUT2D eigenvalue weighted by Gasteiger charge is -2.13. The monoisotopic (exact) mass is 569 g/mol. The van der Waals surface area contributed by atoms with Gasteiger partial charge in [0, 0.05) is 48.6 Å². The van der Waals surface area contributed by atoms with Crippen LogP contribution in [0.2, 0.25) is 0 Å². The molecular weight excluding hydrogens is 533 g/mol. The third kappa shape index (κ3) is 8.27. The van der Waals surface area contributed by atoms with Crippen LogP contribution in [0, 0.1) is 0 Å². The van der Waals surface area contributed by atoms with Crippen molar-refractivity contribution in [2.24, 2.45) is 0 Å². The Bertz CT molecular complexity index is 1310. The third-order valence-electron chi connectivity index (χ3n) is 6.99. The van der Waals surface area contributed by atoms with E-state index in [0.29, 0.717) is 36.9 Å². The molecule has 2 aliphatic rings. The average Bonchev–Trinajstić information content (AvgIpc) is 3.51. The van der Waals surface area contributed by atoms with E-state index >= 15 is 0 Å². The first kappa shape index (κ1) is 30.6. The van der Waals surface area contributed by atoms with Crippen LogP contribution < -0.4 is 5.32 Å². The first-order chi connectivity index (χ1) is 17.9. The number of carbonyl (C=O) groups excluding carboxylic acids is 2. The molecule has 10 heteroatoms. The normalized spacial score (nSPS) is 17.8. The van der Waals surface area contributed by atoms with E-state index in [4.69, 9.17) is 0 Å². The number of likely N-dealkylation sites (tertiary alicyclic amines) is 1. The number of hydrogen-bond acceptors (Lipinski definition) is 5. The number of allylic oxidation sites excluding steroid dienone is 1. The fourth-order valence-electron chi connectivity index (χ4n) is 4.62. The largest absolute Gasteiger partial charge is 0.309 e. The van der Waals surface area contributed by atoms with Crippen LogP contribution in [-0.2, 0) is 16.0 Å². The Labute approximate surface area is 242 Å². The topological polar surface area (TPSA) is 91.0 Å². The number of nitrogens with zero attached hydrogens (tertiary/aromatic N) is 3. The standard InChI is InChI=1S/C29H32FN5O2.2H2S/c1-19(29(37)32-28-17-27(33-34-28)20-10-11-20)21-5-2-6-22(15-21)26-9-3-7-24(31-26)16-25(36)8-4-13-35-14-12-23(30)18-35;;/h2-9,15,17,19-20,23H,10-14,16,18H2,1H3,(H2,32,33,34,37);2*1H2/b8-4+;;/t19-,23-;;/m0../s1. The highest BCUT2D eigenvalue weighted by Crippen LogP contribution is 2.39. The van der Waals surface area contributed by atoms with Gasteiger partial charge in [0.25, 0.3) is 0 Å². The minimum absolute atomic E-state index is 0. The molecular formula is C29H36FN5O2S2. The minimum Gasteiger partial charge on any atom is -0.309 e. The molecule has 1 aliphatic heterocycles. The summed E-state index contributed by atoms with van der Waals surface area (Å²) in [7, 11) is 0. The van der Waals surface area contributed by atoms with Crippen LogP contribution >= 0.6 is 27.0 Å². The molecule has 1 aromatic carbocycles. The maximum absolute atomic E-state index is 13.3. The molecule has 3 aromatic rings. The summed E-state index contributed by atoms with van der Waals surface area (Å²) in [5.41, 5.74) is 4.25.